The fraction of sp³-hybridized carbons (Fsp3) is 0.191. The van der Waals surface area contributed by atoms with Crippen LogP contribution in [0.15, 0.2) is 265 Å². The first kappa shape index (κ1) is 56.8. The van der Waals surface area contributed by atoms with Crippen LogP contribution in [0.4, 0.5) is 0 Å². The van der Waals surface area contributed by atoms with Crippen LogP contribution in [-0.4, -0.2) is 13.7 Å². The number of rotatable bonds is 20. The first-order chi connectivity index (χ1) is 46.0. The van der Waals surface area contributed by atoms with E-state index in [4.69, 9.17) is 4.42 Å². The Morgan fingerprint density at radius 1 is 0.258 bits per heavy atom. The molecule has 4 heterocycles. The van der Waals surface area contributed by atoms with E-state index in [1.165, 1.54) is 200 Å². The third-order valence-electron chi connectivity index (χ3n) is 21.0. The Morgan fingerprint density at radius 2 is 0.645 bits per heavy atom. The van der Waals surface area contributed by atoms with Gasteiger partial charge in [0.15, 0.2) is 0 Å². The molecule has 0 fully saturated rings. The maximum atomic E-state index is 6.39. The van der Waals surface area contributed by atoms with Crippen molar-refractivity contribution in [1.82, 2.24) is 13.7 Å². The van der Waals surface area contributed by atoms with Crippen molar-refractivity contribution in [3.63, 3.8) is 0 Å². The number of hydrogen-bond acceptors (Lipinski definition) is 1. The van der Waals surface area contributed by atoms with Gasteiger partial charge in [-0.25, -0.2) is 0 Å². The van der Waals surface area contributed by atoms with Crippen molar-refractivity contribution in [3.05, 3.63) is 272 Å². The molecule has 0 N–H and O–H groups in total. The van der Waals surface area contributed by atoms with Crippen LogP contribution in [0.1, 0.15) is 115 Å². The van der Waals surface area contributed by atoms with E-state index >= 15 is 0 Å². The van der Waals surface area contributed by atoms with Crippen LogP contribution < -0.4 is 0 Å². The minimum atomic E-state index is -0.0757. The molecule has 0 radical (unpaired) electrons. The molecule has 0 saturated carbocycles. The standard InChI is InChI=1S/C89H77N3O/c1-3-5-7-9-11-25-51-89(52-26-12-10-8-6-4-2)79-57-65(60-27-15-13-16-28-60)37-44-69(79)70-45-42-68(59-80(70)89)92-82-35-23-20-32-72(82)75-54-62(39-47-84(75)92)64-41-49-86-77(56-64)76-55-63(40-48-85(76)91(86)67-43-50-88-78(58-67)73-33-21-24-36-87(73)93-88)61-38-46-83-74(53-61)71-31-19-22-34-81(71)90(83)66-29-17-14-18-30-66/h13-24,27-50,53-59H,3-12,25-26,51-52H2,1-2H3. The molecule has 4 nitrogen and oxygen atoms in total. The number of fused-ring (bicyclic) bond motifs is 15. The molecule has 1 aliphatic rings. The Bertz CT molecular complexity index is 5480. The van der Waals surface area contributed by atoms with Gasteiger partial charge in [-0.2, -0.15) is 0 Å². The molecule has 0 spiro atoms. The topological polar surface area (TPSA) is 27.9 Å². The number of unbranched alkanes of at least 4 members (excludes halogenated alkanes) is 10. The second-order valence-corrected chi connectivity index (χ2v) is 26.6. The summed E-state index contributed by atoms with van der Waals surface area (Å²) in [4.78, 5) is 0. The zero-order valence-corrected chi connectivity index (χ0v) is 53.5. The Morgan fingerprint density at radius 3 is 1.20 bits per heavy atom. The minimum absolute atomic E-state index is 0.0757. The molecule has 0 atom stereocenters. The monoisotopic (exact) mass is 1200 g/mol. The Kier molecular flexibility index (Phi) is 14.5. The number of furan rings is 1. The summed E-state index contributed by atoms with van der Waals surface area (Å²) in [5.74, 6) is 0. The SMILES string of the molecule is CCCCCCCCC1(CCCCCCCC)c2cc(-c3ccccc3)ccc2-c2ccc(-n3c4ccccc4c4cc(-c5ccc6c(c5)c5cc(-c7ccc8c(c7)c7ccccc7n8-c7ccccc7)ccc5n6-c5ccc6oc7ccccc7c6c5)ccc43)cc21. The molecule has 0 aliphatic heterocycles. The lowest BCUT2D eigenvalue weighted by molar-refractivity contribution is 0.398. The highest BCUT2D eigenvalue weighted by Crippen LogP contribution is 2.56. The number of nitrogens with zero attached hydrogens (tertiary/aromatic N) is 3. The lowest BCUT2D eigenvalue weighted by Gasteiger charge is -2.33. The van der Waals surface area contributed by atoms with Gasteiger partial charge < -0.3 is 18.1 Å². The third-order valence-corrected chi connectivity index (χ3v) is 21.0. The summed E-state index contributed by atoms with van der Waals surface area (Å²) >= 11 is 0. The molecule has 4 heteroatoms. The predicted octanol–water partition coefficient (Wildman–Crippen LogP) is 25.6. The fourth-order valence-corrected chi connectivity index (χ4v) is 16.5. The van der Waals surface area contributed by atoms with Gasteiger partial charge in [-0.3, -0.25) is 0 Å². The van der Waals surface area contributed by atoms with Gasteiger partial charge >= 0.3 is 0 Å². The van der Waals surface area contributed by atoms with Crippen LogP contribution in [-0.2, 0) is 5.41 Å². The summed E-state index contributed by atoms with van der Waals surface area (Å²) in [5, 5.41) is 9.69. The van der Waals surface area contributed by atoms with Gasteiger partial charge in [-0.15, -0.1) is 0 Å². The summed E-state index contributed by atoms with van der Waals surface area (Å²) in [7, 11) is 0. The van der Waals surface area contributed by atoms with Crippen LogP contribution >= 0.6 is 0 Å². The molecular weight excluding hydrogens is 1130 g/mol. The van der Waals surface area contributed by atoms with Crippen molar-refractivity contribution >= 4 is 87.4 Å². The summed E-state index contributed by atoms with van der Waals surface area (Å²) in [5.41, 5.74) is 25.7. The molecule has 93 heavy (non-hydrogen) atoms. The molecule has 0 unspecified atom stereocenters. The lowest BCUT2D eigenvalue weighted by Crippen LogP contribution is -2.26. The van der Waals surface area contributed by atoms with Gasteiger partial charge in [0, 0.05) is 65.6 Å². The van der Waals surface area contributed by atoms with Gasteiger partial charge in [0.1, 0.15) is 11.2 Å². The molecule has 0 amide bonds. The van der Waals surface area contributed by atoms with E-state index < -0.39 is 0 Å². The molecule has 17 rings (SSSR count). The van der Waals surface area contributed by atoms with E-state index in [0.717, 1.165) is 44.3 Å². The molecule has 4 aromatic heterocycles. The fourth-order valence-electron chi connectivity index (χ4n) is 16.5. The van der Waals surface area contributed by atoms with Crippen LogP contribution in [0.25, 0.3) is 149 Å². The van der Waals surface area contributed by atoms with Crippen LogP contribution in [0, 0.1) is 0 Å². The first-order valence-corrected chi connectivity index (χ1v) is 34.5. The van der Waals surface area contributed by atoms with Crippen molar-refractivity contribution < 1.29 is 4.42 Å². The number of aromatic nitrogens is 3. The Hall–Kier alpha value is -10.2. The molecule has 0 saturated heterocycles. The Balaban J connectivity index is 0.800. The van der Waals surface area contributed by atoms with Gasteiger partial charge in [0.05, 0.1) is 33.1 Å². The van der Waals surface area contributed by atoms with E-state index in [1.54, 1.807) is 5.56 Å². The summed E-state index contributed by atoms with van der Waals surface area (Å²) < 4.78 is 13.8. The van der Waals surface area contributed by atoms with Crippen molar-refractivity contribution in [3.8, 4) is 61.6 Å². The summed E-state index contributed by atoms with van der Waals surface area (Å²) in [6, 6.07) is 98.3. The van der Waals surface area contributed by atoms with Gasteiger partial charge in [-0.1, -0.05) is 236 Å². The van der Waals surface area contributed by atoms with E-state index in [9.17, 15) is 0 Å². The van der Waals surface area contributed by atoms with Crippen molar-refractivity contribution in [2.24, 2.45) is 0 Å². The largest absolute Gasteiger partial charge is 0.456 e. The first-order valence-electron chi connectivity index (χ1n) is 34.5. The van der Waals surface area contributed by atoms with Crippen molar-refractivity contribution in [2.45, 2.75) is 109 Å². The molecule has 1 aliphatic carbocycles. The molecule has 0 bridgehead atoms. The summed E-state index contributed by atoms with van der Waals surface area (Å²) in [6.07, 6.45) is 17.9. The zero-order chi connectivity index (χ0) is 62.0. The molecule has 454 valence electrons. The van der Waals surface area contributed by atoms with Crippen LogP contribution in [0.5, 0.6) is 0 Å². The number of hydrogen-bond donors (Lipinski definition) is 0. The molecular formula is C89H77N3O. The van der Waals surface area contributed by atoms with E-state index in [1.807, 2.05) is 0 Å². The predicted molar refractivity (Wildman–Crippen MR) is 395 cm³/mol. The quantitative estimate of drug-likeness (QED) is 0.0699. The highest BCUT2D eigenvalue weighted by Gasteiger charge is 2.43. The van der Waals surface area contributed by atoms with Crippen molar-refractivity contribution in [1.29, 1.82) is 0 Å². The number of benzene rings is 12. The Labute approximate surface area is 545 Å². The number of para-hydroxylation sites is 4. The maximum absolute atomic E-state index is 6.39. The van der Waals surface area contributed by atoms with E-state index in [0.29, 0.717) is 0 Å². The van der Waals surface area contributed by atoms with Crippen molar-refractivity contribution in [2.75, 3.05) is 0 Å². The smallest absolute Gasteiger partial charge is 0.135 e. The minimum Gasteiger partial charge on any atom is -0.456 e. The van der Waals surface area contributed by atoms with Gasteiger partial charge in [0.2, 0.25) is 0 Å². The van der Waals surface area contributed by atoms with Gasteiger partial charge in [-0.05, 0) is 184 Å². The molecule has 12 aromatic carbocycles. The van der Waals surface area contributed by atoms with Gasteiger partial charge in [0.25, 0.3) is 0 Å². The summed E-state index contributed by atoms with van der Waals surface area (Å²) in [6.45, 7) is 4.66. The second-order valence-electron chi connectivity index (χ2n) is 26.6. The second kappa shape index (κ2) is 23.8. The zero-order valence-electron chi connectivity index (χ0n) is 53.5. The lowest BCUT2D eigenvalue weighted by atomic mass is 9.70. The van der Waals surface area contributed by atoms with E-state index in [-0.39, 0.29) is 5.41 Å². The highest BCUT2D eigenvalue weighted by atomic mass is 16.3. The average Bonchev–Trinajstić information content (AvgIpc) is 1.57. The van der Waals surface area contributed by atoms with Crippen LogP contribution in [0.2, 0.25) is 0 Å². The molecule has 16 aromatic rings. The highest BCUT2D eigenvalue weighted by molar-refractivity contribution is 6.15. The normalized spacial score (nSPS) is 12.9. The average molecular weight is 1200 g/mol. The third kappa shape index (κ3) is 9.71. The van der Waals surface area contributed by atoms with E-state index in [2.05, 4.69) is 288 Å². The van der Waals surface area contributed by atoms with Crippen LogP contribution in [0.3, 0.4) is 0 Å². The maximum Gasteiger partial charge on any atom is 0.135 e.